The second-order valence-electron chi connectivity index (χ2n) is 3.04. The summed E-state index contributed by atoms with van der Waals surface area (Å²) < 4.78 is 35.8. The van der Waals surface area contributed by atoms with Crippen LogP contribution in [-0.2, 0) is 0 Å². The van der Waals surface area contributed by atoms with Crippen LogP contribution in [0.4, 0.5) is 13.2 Å². The first-order chi connectivity index (χ1) is 5.52. The van der Waals surface area contributed by atoms with Crippen LogP contribution in [-0.4, -0.2) is 30.0 Å². The lowest BCUT2D eigenvalue weighted by atomic mass is 10.00. The van der Waals surface area contributed by atoms with Crippen molar-refractivity contribution in [3.8, 4) is 0 Å². The molecule has 0 saturated carbocycles. The summed E-state index contributed by atoms with van der Waals surface area (Å²) in [7, 11) is 0. The predicted octanol–water partition coefficient (Wildman–Crippen LogP) is 1.05. The van der Waals surface area contributed by atoms with Crippen molar-refractivity contribution in [2.24, 2.45) is 0 Å². The van der Waals surface area contributed by atoms with E-state index in [0.29, 0.717) is 13.0 Å². The van der Waals surface area contributed by atoms with Gasteiger partial charge in [0.15, 0.2) is 6.10 Å². The number of aliphatic hydroxyl groups excluding tert-OH is 1. The number of rotatable bonds is 1. The van der Waals surface area contributed by atoms with Crippen molar-refractivity contribution in [2.45, 2.75) is 37.6 Å². The molecule has 2 atom stereocenters. The third-order valence-corrected chi connectivity index (χ3v) is 2.06. The highest BCUT2D eigenvalue weighted by molar-refractivity contribution is 4.83. The van der Waals surface area contributed by atoms with Crippen LogP contribution in [0.3, 0.4) is 0 Å². The van der Waals surface area contributed by atoms with Gasteiger partial charge in [-0.1, -0.05) is 6.42 Å². The fraction of sp³-hybridized carbons (Fsp3) is 1.00. The molecule has 0 amide bonds. The van der Waals surface area contributed by atoms with Gasteiger partial charge in [0, 0.05) is 6.04 Å². The molecule has 1 aliphatic rings. The Kier molecular flexibility index (Phi) is 2.95. The molecule has 2 N–H and O–H groups in total. The molecule has 0 aromatic carbocycles. The Morgan fingerprint density at radius 2 is 2.00 bits per heavy atom. The molecule has 2 nitrogen and oxygen atoms in total. The maximum atomic E-state index is 11.9. The Bertz CT molecular complexity index is 142. The summed E-state index contributed by atoms with van der Waals surface area (Å²) in [5, 5.41) is 11.5. The Balaban J connectivity index is 2.45. The first-order valence-electron chi connectivity index (χ1n) is 4.00. The van der Waals surface area contributed by atoms with E-state index in [9.17, 15) is 13.2 Å². The van der Waals surface area contributed by atoms with Crippen LogP contribution in [0.25, 0.3) is 0 Å². The predicted molar refractivity (Wildman–Crippen MR) is 37.7 cm³/mol. The largest absolute Gasteiger partial charge is 0.415 e. The molecule has 0 aromatic heterocycles. The molecule has 1 heterocycles. The Labute approximate surface area is 68.8 Å². The van der Waals surface area contributed by atoms with Crippen LogP contribution < -0.4 is 5.32 Å². The third kappa shape index (κ3) is 2.35. The lowest BCUT2D eigenvalue weighted by molar-refractivity contribution is -0.213. The van der Waals surface area contributed by atoms with Crippen molar-refractivity contribution >= 4 is 0 Å². The zero-order chi connectivity index (χ0) is 9.19. The Morgan fingerprint density at radius 3 is 2.42 bits per heavy atom. The number of nitrogens with one attached hydrogen (secondary N) is 1. The van der Waals surface area contributed by atoms with E-state index >= 15 is 0 Å². The zero-order valence-electron chi connectivity index (χ0n) is 6.56. The fourth-order valence-electron chi connectivity index (χ4n) is 1.38. The molecule has 12 heavy (non-hydrogen) atoms. The standard InChI is InChI=1S/C7H12F3NO/c8-7(9,10)6(12)5-3-1-2-4-11-5/h5-6,11-12H,1-4H2/t5-,6+/m1/s1. The molecule has 1 rings (SSSR count). The average molecular weight is 183 g/mol. The van der Waals surface area contributed by atoms with Crippen LogP contribution >= 0.6 is 0 Å². The molecule has 0 aromatic rings. The van der Waals surface area contributed by atoms with Gasteiger partial charge >= 0.3 is 6.18 Å². The highest BCUT2D eigenvalue weighted by atomic mass is 19.4. The third-order valence-electron chi connectivity index (χ3n) is 2.06. The second-order valence-corrected chi connectivity index (χ2v) is 3.04. The molecule has 0 bridgehead atoms. The smallest absolute Gasteiger partial charge is 0.382 e. The fourth-order valence-corrected chi connectivity index (χ4v) is 1.38. The number of alkyl halides is 3. The van der Waals surface area contributed by atoms with Gasteiger partial charge in [0.25, 0.3) is 0 Å². The molecule has 0 unspecified atom stereocenters. The minimum atomic E-state index is -4.49. The van der Waals surface area contributed by atoms with Gasteiger partial charge in [0.1, 0.15) is 0 Å². The summed E-state index contributed by atoms with van der Waals surface area (Å²) >= 11 is 0. The van der Waals surface area contributed by atoms with Crippen LogP contribution in [0.2, 0.25) is 0 Å². The van der Waals surface area contributed by atoms with E-state index in [0.717, 1.165) is 12.8 Å². The van der Waals surface area contributed by atoms with Crippen molar-refractivity contribution in [1.82, 2.24) is 5.32 Å². The van der Waals surface area contributed by atoms with Gasteiger partial charge in [0.05, 0.1) is 0 Å². The van der Waals surface area contributed by atoms with Gasteiger partial charge in [-0.2, -0.15) is 13.2 Å². The number of piperidine rings is 1. The molecule has 0 aliphatic carbocycles. The summed E-state index contributed by atoms with van der Waals surface area (Å²) in [4.78, 5) is 0. The van der Waals surface area contributed by atoms with E-state index < -0.39 is 18.3 Å². The lowest BCUT2D eigenvalue weighted by Gasteiger charge is -2.29. The summed E-state index contributed by atoms with van der Waals surface area (Å²) in [5.74, 6) is 0. The molecule has 1 saturated heterocycles. The van der Waals surface area contributed by atoms with Crippen molar-refractivity contribution in [1.29, 1.82) is 0 Å². The van der Waals surface area contributed by atoms with Crippen molar-refractivity contribution in [3.05, 3.63) is 0 Å². The molecule has 5 heteroatoms. The van der Waals surface area contributed by atoms with Gasteiger partial charge in [-0.05, 0) is 19.4 Å². The highest BCUT2D eigenvalue weighted by Crippen LogP contribution is 2.25. The summed E-state index contributed by atoms with van der Waals surface area (Å²) in [6, 6.07) is -0.807. The molecule has 0 spiro atoms. The summed E-state index contributed by atoms with van der Waals surface area (Å²) in [6.07, 6.45) is -4.65. The number of hydrogen-bond donors (Lipinski definition) is 2. The van der Waals surface area contributed by atoms with Gasteiger partial charge < -0.3 is 10.4 Å². The minimum Gasteiger partial charge on any atom is -0.382 e. The van der Waals surface area contributed by atoms with Crippen LogP contribution in [0.1, 0.15) is 19.3 Å². The Morgan fingerprint density at radius 1 is 1.33 bits per heavy atom. The monoisotopic (exact) mass is 183 g/mol. The topological polar surface area (TPSA) is 32.3 Å². The number of hydrogen-bond acceptors (Lipinski definition) is 2. The average Bonchev–Trinajstić information content (AvgIpc) is 2.03. The Hall–Kier alpha value is -0.290. The number of aliphatic hydroxyl groups is 1. The van der Waals surface area contributed by atoms with E-state index in [-0.39, 0.29) is 0 Å². The maximum absolute atomic E-state index is 11.9. The maximum Gasteiger partial charge on any atom is 0.415 e. The van der Waals surface area contributed by atoms with Crippen molar-refractivity contribution < 1.29 is 18.3 Å². The van der Waals surface area contributed by atoms with Gasteiger partial charge in [0.2, 0.25) is 0 Å². The van der Waals surface area contributed by atoms with Crippen LogP contribution in [0, 0.1) is 0 Å². The van der Waals surface area contributed by atoms with Crippen LogP contribution in [0.5, 0.6) is 0 Å². The molecule has 1 aliphatic heterocycles. The van der Waals surface area contributed by atoms with Crippen molar-refractivity contribution in [2.75, 3.05) is 6.54 Å². The molecular weight excluding hydrogens is 171 g/mol. The quantitative estimate of drug-likeness (QED) is 0.637. The van der Waals surface area contributed by atoms with E-state index in [4.69, 9.17) is 5.11 Å². The lowest BCUT2D eigenvalue weighted by Crippen LogP contribution is -2.49. The second kappa shape index (κ2) is 3.62. The van der Waals surface area contributed by atoms with Gasteiger partial charge in [-0.25, -0.2) is 0 Å². The van der Waals surface area contributed by atoms with Crippen molar-refractivity contribution in [3.63, 3.8) is 0 Å². The molecule has 1 fully saturated rings. The van der Waals surface area contributed by atoms with Gasteiger partial charge in [-0.15, -0.1) is 0 Å². The number of halogens is 3. The SMILES string of the molecule is O[C@@H]([C@H]1CCCCN1)C(F)(F)F. The van der Waals surface area contributed by atoms with E-state index in [1.165, 1.54) is 0 Å². The van der Waals surface area contributed by atoms with Crippen LogP contribution in [0.15, 0.2) is 0 Å². The first kappa shape index (κ1) is 9.80. The van der Waals surface area contributed by atoms with E-state index in [1.807, 2.05) is 0 Å². The minimum absolute atomic E-state index is 0.403. The molecule has 0 radical (unpaired) electrons. The molecule has 72 valence electrons. The summed E-state index contributed by atoms with van der Waals surface area (Å²) in [6.45, 7) is 0.567. The first-order valence-corrected chi connectivity index (χ1v) is 4.00. The molecular formula is C7H12F3NO. The van der Waals surface area contributed by atoms with E-state index in [2.05, 4.69) is 5.32 Å². The zero-order valence-corrected chi connectivity index (χ0v) is 6.56. The highest BCUT2D eigenvalue weighted by Gasteiger charge is 2.43. The normalized spacial score (nSPS) is 28.5. The summed E-state index contributed by atoms with van der Waals surface area (Å²) in [5.41, 5.74) is 0. The van der Waals surface area contributed by atoms with E-state index in [1.54, 1.807) is 0 Å². The van der Waals surface area contributed by atoms with Gasteiger partial charge in [-0.3, -0.25) is 0 Å².